The normalized spacial score (nSPS) is 12.5. The summed E-state index contributed by atoms with van der Waals surface area (Å²) in [7, 11) is 0. The average molecular weight is 651 g/mol. The second-order valence-electron chi connectivity index (χ2n) is 13.4. The second-order valence-corrected chi connectivity index (χ2v) is 13.4. The van der Waals surface area contributed by atoms with Gasteiger partial charge in [-0.2, -0.15) is 0 Å². The van der Waals surface area contributed by atoms with E-state index in [0.29, 0.717) is 0 Å². The number of fused-ring (bicyclic) bond motifs is 5. The van der Waals surface area contributed by atoms with Gasteiger partial charge in [-0.05, 0) is 115 Å². The Balaban J connectivity index is 1.22. The molecule has 0 saturated heterocycles. The first-order valence-corrected chi connectivity index (χ1v) is 17.8. The first-order chi connectivity index (χ1) is 25.3. The van der Waals surface area contributed by atoms with Crippen molar-refractivity contribution < 1.29 is 0 Å². The quantitative estimate of drug-likeness (QED) is 0.181. The van der Waals surface area contributed by atoms with Crippen LogP contribution in [0.2, 0.25) is 0 Å². The van der Waals surface area contributed by atoms with Gasteiger partial charge in [-0.25, -0.2) is 0 Å². The summed E-state index contributed by atoms with van der Waals surface area (Å²) in [6, 6.07) is 57.5. The fraction of sp³-hybridized carbons (Fsp3) is 0.0408. The third-order valence-electron chi connectivity index (χ3n) is 10.5. The van der Waals surface area contributed by atoms with Crippen LogP contribution < -0.4 is 10.4 Å². The summed E-state index contributed by atoms with van der Waals surface area (Å²) < 4.78 is 2.34. The summed E-state index contributed by atoms with van der Waals surface area (Å²) in [6.45, 7) is 0. The lowest BCUT2D eigenvalue weighted by atomic mass is 9.84. The third-order valence-corrected chi connectivity index (χ3v) is 10.5. The molecule has 0 spiro atoms. The number of rotatable bonds is 5. The van der Waals surface area contributed by atoms with Crippen molar-refractivity contribution in [2.75, 3.05) is 0 Å². The standard InChI is InChI=1S/C49H34N2/c1-4-14-33(15-5-1)48-40-22-12-13-23-41(40)49(34-16-6-2-7-17-34)44-31-35(24-26-42(44)48)38-20-10-11-21-39(38)36-25-27-46-43(30-36)45-32-50-29-28-47(45)51(46)37-18-8-3-9-19-37/h1-11,14-32H,12-13H2. The zero-order chi connectivity index (χ0) is 33.7. The van der Waals surface area contributed by atoms with Gasteiger partial charge in [0.15, 0.2) is 0 Å². The Morgan fingerprint density at radius 3 is 1.59 bits per heavy atom. The molecule has 0 saturated carbocycles. The topological polar surface area (TPSA) is 17.8 Å². The number of benzene rings is 7. The van der Waals surface area contributed by atoms with Crippen molar-refractivity contribution in [3.8, 4) is 50.2 Å². The van der Waals surface area contributed by atoms with E-state index in [-0.39, 0.29) is 0 Å². The molecular formula is C49H34N2. The van der Waals surface area contributed by atoms with Gasteiger partial charge in [0.25, 0.3) is 0 Å². The molecule has 2 heterocycles. The lowest BCUT2D eigenvalue weighted by molar-refractivity contribution is 1.12. The molecule has 2 heteroatoms. The molecule has 51 heavy (non-hydrogen) atoms. The maximum atomic E-state index is 4.54. The summed E-state index contributed by atoms with van der Waals surface area (Å²) >= 11 is 0. The van der Waals surface area contributed by atoms with E-state index in [2.05, 4.69) is 179 Å². The molecule has 0 amide bonds. The van der Waals surface area contributed by atoms with Crippen molar-refractivity contribution in [1.82, 2.24) is 9.55 Å². The summed E-state index contributed by atoms with van der Waals surface area (Å²) in [6.07, 6.45) is 10.9. The molecule has 0 atom stereocenters. The molecule has 1 aliphatic carbocycles. The van der Waals surface area contributed by atoms with Crippen LogP contribution in [0.3, 0.4) is 0 Å². The molecule has 0 aliphatic heterocycles. The van der Waals surface area contributed by atoms with Gasteiger partial charge in [-0.15, -0.1) is 0 Å². The first kappa shape index (κ1) is 29.4. The van der Waals surface area contributed by atoms with Crippen molar-refractivity contribution >= 4 is 44.7 Å². The summed E-state index contributed by atoms with van der Waals surface area (Å²) in [5.41, 5.74) is 13.5. The molecule has 2 aromatic heterocycles. The van der Waals surface area contributed by atoms with E-state index in [1.807, 2.05) is 12.4 Å². The van der Waals surface area contributed by atoms with Gasteiger partial charge < -0.3 is 4.57 Å². The summed E-state index contributed by atoms with van der Waals surface area (Å²) in [5.74, 6) is 0. The van der Waals surface area contributed by atoms with E-state index in [1.165, 1.54) is 76.6 Å². The van der Waals surface area contributed by atoms with Gasteiger partial charge in [-0.3, -0.25) is 4.98 Å². The Hall–Kier alpha value is -6.51. The van der Waals surface area contributed by atoms with Gasteiger partial charge in [0, 0.05) is 28.9 Å². The van der Waals surface area contributed by atoms with Crippen LogP contribution >= 0.6 is 0 Å². The van der Waals surface area contributed by atoms with Crippen molar-refractivity contribution in [1.29, 1.82) is 0 Å². The molecule has 9 aromatic rings. The highest BCUT2D eigenvalue weighted by molar-refractivity contribution is 6.11. The van der Waals surface area contributed by atoms with E-state index < -0.39 is 0 Å². The molecule has 0 fully saturated rings. The lowest BCUT2D eigenvalue weighted by Crippen LogP contribution is -2.31. The van der Waals surface area contributed by atoms with Crippen LogP contribution in [0.1, 0.15) is 12.8 Å². The number of nitrogens with zero attached hydrogens (tertiary/aromatic N) is 2. The fourth-order valence-electron chi connectivity index (χ4n) is 8.28. The van der Waals surface area contributed by atoms with Crippen LogP contribution in [0.15, 0.2) is 170 Å². The Morgan fingerprint density at radius 2 is 0.941 bits per heavy atom. The second kappa shape index (κ2) is 12.1. The molecule has 0 N–H and O–H groups in total. The first-order valence-electron chi connectivity index (χ1n) is 17.8. The molecule has 2 nitrogen and oxygen atoms in total. The van der Waals surface area contributed by atoms with Gasteiger partial charge in [0.2, 0.25) is 0 Å². The minimum atomic E-state index is 1.05. The van der Waals surface area contributed by atoms with Crippen LogP contribution in [0.25, 0.3) is 94.9 Å². The van der Waals surface area contributed by atoms with E-state index in [1.54, 1.807) is 0 Å². The summed E-state index contributed by atoms with van der Waals surface area (Å²) in [4.78, 5) is 4.54. The number of para-hydroxylation sites is 1. The van der Waals surface area contributed by atoms with Gasteiger partial charge >= 0.3 is 0 Å². The van der Waals surface area contributed by atoms with Crippen LogP contribution in [0, 0.1) is 0 Å². The van der Waals surface area contributed by atoms with Gasteiger partial charge in [0.05, 0.1) is 11.0 Å². The SMILES string of the molecule is C1=c2c(-c3ccccc3)c3ccc(-c4ccccc4-c4ccc5c(c4)c4cnccc4n5-c4ccccc4)cc3c(-c3ccccc3)c2=CCC1. The number of aromatic nitrogens is 2. The number of pyridine rings is 1. The van der Waals surface area contributed by atoms with E-state index in [9.17, 15) is 0 Å². The Kier molecular flexibility index (Phi) is 6.99. The van der Waals surface area contributed by atoms with Crippen LogP contribution in [-0.4, -0.2) is 9.55 Å². The lowest BCUT2D eigenvalue weighted by Gasteiger charge is -2.19. The molecule has 240 valence electrons. The molecule has 7 aromatic carbocycles. The van der Waals surface area contributed by atoms with Gasteiger partial charge in [-0.1, -0.05) is 133 Å². The average Bonchev–Trinajstić information content (AvgIpc) is 3.54. The monoisotopic (exact) mass is 650 g/mol. The van der Waals surface area contributed by atoms with Crippen molar-refractivity contribution in [3.05, 3.63) is 181 Å². The van der Waals surface area contributed by atoms with Crippen LogP contribution in [0.4, 0.5) is 0 Å². The minimum absolute atomic E-state index is 1.05. The number of hydrogen-bond acceptors (Lipinski definition) is 1. The molecule has 10 rings (SSSR count). The van der Waals surface area contributed by atoms with Crippen molar-refractivity contribution in [3.63, 3.8) is 0 Å². The zero-order valence-corrected chi connectivity index (χ0v) is 28.1. The Morgan fingerprint density at radius 1 is 0.412 bits per heavy atom. The Bertz CT molecular complexity index is 2880. The third kappa shape index (κ3) is 4.83. The number of hydrogen-bond donors (Lipinski definition) is 0. The van der Waals surface area contributed by atoms with E-state index in [0.717, 1.165) is 29.4 Å². The maximum Gasteiger partial charge on any atom is 0.0571 e. The fourth-order valence-corrected chi connectivity index (χ4v) is 8.28. The van der Waals surface area contributed by atoms with Crippen molar-refractivity contribution in [2.45, 2.75) is 12.8 Å². The maximum absolute atomic E-state index is 4.54. The van der Waals surface area contributed by atoms with Crippen LogP contribution in [-0.2, 0) is 0 Å². The summed E-state index contributed by atoms with van der Waals surface area (Å²) in [5, 5.41) is 7.62. The van der Waals surface area contributed by atoms with E-state index >= 15 is 0 Å². The predicted molar refractivity (Wildman–Crippen MR) is 215 cm³/mol. The highest BCUT2D eigenvalue weighted by Crippen LogP contribution is 2.40. The highest BCUT2D eigenvalue weighted by Gasteiger charge is 2.19. The largest absolute Gasteiger partial charge is 0.309 e. The van der Waals surface area contributed by atoms with Crippen molar-refractivity contribution in [2.24, 2.45) is 0 Å². The molecular weight excluding hydrogens is 617 g/mol. The molecule has 0 bridgehead atoms. The predicted octanol–water partition coefficient (Wildman–Crippen LogP) is 11.4. The zero-order valence-electron chi connectivity index (χ0n) is 28.1. The van der Waals surface area contributed by atoms with Gasteiger partial charge in [0.1, 0.15) is 0 Å². The minimum Gasteiger partial charge on any atom is -0.309 e. The molecule has 0 radical (unpaired) electrons. The Labute approximate surface area is 296 Å². The molecule has 1 aliphatic rings. The van der Waals surface area contributed by atoms with E-state index in [4.69, 9.17) is 0 Å². The molecule has 0 unspecified atom stereocenters. The highest BCUT2D eigenvalue weighted by atomic mass is 15.0. The van der Waals surface area contributed by atoms with Crippen LogP contribution in [0.5, 0.6) is 0 Å². The smallest absolute Gasteiger partial charge is 0.0571 e.